The SMILES string of the molecule is CCC(C)CC(=O)N(Cc1ncc(-c2ccc3c(c2)COc2cc4c(ccc5[nH]c(CN(C(=O)CNC(=O)OC)[C@@H](C)CC)nc54)cc2-3)[nH]1)[C@@H](C)CC. The van der Waals surface area contributed by atoms with E-state index in [1.807, 2.05) is 31.0 Å². The van der Waals surface area contributed by atoms with Gasteiger partial charge in [-0.2, -0.15) is 0 Å². The minimum absolute atomic E-state index is 0.0572. The van der Waals surface area contributed by atoms with E-state index in [0.29, 0.717) is 31.3 Å². The van der Waals surface area contributed by atoms with Crippen molar-refractivity contribution in [3.05, 3.63) is 65.9 Å². The highest BCUT2D eigenvalue weighted by molar-refractivity contribution is 6.07. The molecular weight excluding hydrogens is 670 g/mol. The van der Waals surface area contributed by atoms with E-state index in [1.54, 1.807) is 4.90 Å². The average Bonchev–Trinajstić information content (AvgIpc) is 3.83. The van der Waals surface area contributed by atoms with E-state index in [-0.39, 0.29) is 37.0 Å². The van der Waals surface area contributed by atoms with Gasteiger partial charge in [0.2, 0.25) is 11.8 Å². The second-order valence-corrected chi connectivity index (χ2v) is 14.2. The molecule has 6 rings (SSSR count). The molecule has 3 heterocycles. The zero-order chi connectivity index (χ0) is 37.8. The van der Waals surface area contributed by atoms with Gasteiger partial charge >= 0.3 is 6.09 Å². The molecule has 5 aromatic rings. The molecule has 1 aliphatic rings. The van der Waals surface area contributed by atoms with E-state index >= 15 is 0 Å². The average molecular weight is 722 g/mol. The lowest BCUT2D eigenvalue weighted by Gasteiger charge is -2.29. The fourth-order valence-electron chi connectivity index (χ4n) is 6.79. The Kier molecular flexibility index (Phi) is 11.4. The summed E-state index contributed by atoms with van der Waals surface area (Å²) in [5, 5.41) is 4.47. The highest BCUT2D eigenvalue weighted by Gasteiger charge is 2.25. The number of aromatic nitrogens is 4. The second kappa shape index (κ2) is 16.1. The number of imidazole rings is 2. The molecule has 3 atom stereocenters. The number of nitrogens with zero attached hydrogens (tertiary/aromatic N) is 4. The van der Waals surface area contributed by atoms with Crippen LogP contribution in [0, 0.1) is 5.92 Å². The Labute approximate surface area is 310 Å². The molecule has 1 aliphatic heterocycles. The van der Waals surface area contributed by atoms with Gasteiger partial charge in [0.1, 0.15) is 30.5 Å². The number of methoxy groups -OCH3 is 1. The summed E-state index contributed by atoms with van der Waals surface area (Å²) in [7, 11) is 1.27. The van der Waals surface area contributed by atoms with Crippen LogP contribution in [0.3, 0.4) is 0 Å². The normalized spacial score (nSPS) is 13.8. The third kappa shape index (κ3) is 8.01. The lowest BCUT2D eigenvalue weighted by molar-refractivity contribution is -0.135. The third-order valence-electron chi connectivity index (χ3n) is 10.7. The fraction of sp³-hybridized carbons (Fsp3) is 0.439. The molecule has 0 bridgehead atoms. The van der Waals surface area contributed by atoms with Gasteiger partial charge in [-0.15, -0.1) is 0 Å². The topological polar surface area (TPSA) is 146 Å². The molecule has 3 aromatic carbocycles. The van der Waals surface area contributed by atoms with Gasteiger partial charge in [-0.25, -0.2) is 14.8 Å². The van der Waals surface area contributed by atoms with Gasteiger partial charge in [-0.05, 0) is 78.9 Å². The maximum Gasteiger partial charge on any atom is 0.407 e. The van der Waals surface area contributed by atoms with Gasteiger partial charge in [-0.3, -0.25) is 9.59 Å². The molecule has 0 spiro atoms. The summed E-state index contributed by atoms with van der Waals surface area (Å²) in [6.45, 7) is 13.4. The van der Waals surface area contributed by atoms with Crippen LogP contribution in [0.1, 0.15) is 84.4 Å². The standard InChI is InChI=1S/C41H51N7O5/c1-8-24(4)15-38(49)47(25(5)9-2)21-36-42-19-34(45-36)28-11-13-30-29(16-28)23-53-35-18-31-27(17-32(30)35)12-14-33-40(31)46-37(44-33)22-48(26(6)10-3)39(50)20-43-41(51)52-7/h11-14,16-19,24-26H,8-10,15,20-23H2,1-7H3,(H,42,45)(H,43,51)(H,44,46)/t24?,25-,26-/m0/s1. The van der Waals surface area contributed by atoms with Crippen LogP contribution in [0.5, 0.6) is 5.75 Å². The number of aromatic amines is 2. The molecule has 3 amide bonds. The molecule has 1 unspecified atom stereocenters. The first-order valence-electron chi connectivity index (χ1n) is 18.7. The zero-order valence-corrected chi connectivity index (χ0v) is 31.8. The summed E-state index contributed by atoms with van der Waals surface area (Å²) in [6, 6.07) is 14.7. The lowest BCUT2D eigenvalue weighted by atomic mass is 9.92. The quantitative estimate of drug-likeness (QED) is 0.107. The number of ether oxygens (including phenoxy) is 2. The Morgan fingerprint density at radius 1 is 0.887 bits per heavy atom. The number of benzene rings is 3. The van der Waals surface area contributed by atoms with Gasteiger partial charge in [-0.1, -0.05) is 52.3 Å². The van der Waals surface area contributed by atoms with Crippen molar-refractivity contribution in [3.8, 4) is 28.1 Å². The van der Waals surface area contributed by atoms with Crippen LogP contribution in [0.15, 0.2) is 48.7 Å². The largest absolute Gasteiger partial charge is 0.488 e. The first-order chi connectivity index (χ1) is 25.5. The van der Waals surface area contributed by atoms with E-state index in [2.05, 4.69) is 89.1 Å². The van der Waals surface area contributed by atoms with E-state index in [0.717, 1.165) is 80.6 Å². The van der Waals surface area contributed by atoms with Crippen molar-refractivity contribution in [2.24, 2.45) is 5.92 Å². The lowest BCUT2D eigenvalue weighted by Crippen LogP contribution is -2.44. The summed E-state index contributed by atoms with van der Waals surface area (Å²) in [6.07, 6.45) is 4.35. The van der Waals surface area contributed by atoms with E-state index < -0.39 is 6.09 Å². The number of rotatable bonds is 14. The maximum atomic E-state index is 13.2. The van der Waals surface area contributed by atoms with E-state index in [1.165, 1.54) is 7.11 Å². The molecule has 0 saturated heterocycles. The van der Waals surface area contributed by atoms with Crippen molar-refractivity contribution in [1.29, 1.82) is 0 Å². The van der Waals surface area contributed by atoms with Gasteiger partial charge in [0.05, 0.1) is 43.1 Å². The molecule has 280 valence electrons. The van der Waals surface area contributed by atoms with Crippen molar-refractivity contribution in [1.82, 2.24) is 35.1 Å². The monoisotopic (exact) mass is 721 g/mol. The Balaban J connectivity index is 1.23. The number of nitrogens with one attached hydrogen (secondary N) is 3. The van der Waals surface area contributed by atoms with Crippen LogP contribution in [-0.2, 0) is 34.0 Å². The van der Waals surface area contributed by atoms with Crippen LogP contribution >= 0.6 is 0 Å². The minimum Gasteiger partial charge on any atom is -0.488 e. The fourth-order valence-corrected chi connectivity index (χ4v) is 6.79. The first-order valence-corrected chi connectivity index (χ1v) is 18.7. The number of hydrogen-bond acceptors (Lipinski definition) is 7. The van der Waals surface area contributed by atoms with E-state index in [4.69, 9.17) is 9.72 Å². The predicted octanol–water partition coefficient (Wildman–Crippen LogP) is 7.71. The minimum atomic E-state index is -0.649. The number of hydrogen-bond donors (Lipinski definition) is 3. The molecule has 0 aliphatic carbocycles. The molecule has 0 radical (unpaired) electrons. The maximum absolute atomic E-state index is 13.2. The highest BCUT2D eigenvalue weighted by atomic mass is 16.5. The summed E-state index contributed by atoms with van der Waals surface area (Å²) < 4.78 is 11.0. The van der Waals surface area contributed by atoms with Crippen LogP contribution in [0.2, 0.25) is 0 Å². The number of carbonyl (C=O) groups is 3. The van der Waals surface area contributed by atoms with Crippen molar-refractivity contribution >= 4 is 39.7 Å². The van der Waals surface area contributed by atoms with Gasteiger partial charge < -0.3 is 34.6 Å². The van der Waals surface area contributed by atoms with Crippen LogP contribution in [-0.4, -0.2) is 73.4 Å². The van der Waals surface area contributed by atoms with Crippen molar-refractivity contribution < 1.29 is 23.9 Å². The Hall–Kier alpha value is -5.39. The smallest absolute Gasteiger partial charge is 0.407 e. The summed E-state index contributed by atoms with van der Waals surface area (Å²) >= 11 is 0. The number of H-pyrrole nitrogens is 2. The zero-order valence-electron chi connectivity index (χ0n) is 31.8. The first kappa shape index (κ1) is 37.4. The third-order valence-corrected chi connectivity index (χ3v) is 10.7. The van der Waals surface area contributed by atoms with Crippen molar-refractivity contribution in [2.45, 2.75) is 99.0 Å². The van der Waals surface area contributed by atoms with Gasteiger partial charge in [0, 0.05) is 29.5 Å². The molecular formula is C41H51N7O5. The molecule has 12 heteroatoms. The number of fused-ring (bicyclic) bond motifs is 6. The van der Waals surface area contributed by atoms with Crippen LogP contribution < -0.4 is 10.1 Å². The number of amides is 3. The Morgan fingerprint density at radius 2 is 1.62 bits per heavy atom. The van der Waals surface area contributed by atoms with Crippen molar-refractivity contribution in [3.63, 3.8) is 0 Å². The molecule has 2 aromatic heterocycles. The molecule has 53 heavy (non-hydrogen) atoms. The number of carbonyl (C=O) groups excluding carboxylic acids is 3. The summed E-state index contributed by atoms with van der Waals surface area (Å²) in [4.78, 5) is 58.0. The summed E-state index contributed by atoms with van der Waals surface area (Å²) in [5.41, 5.74) is 6.78. The van der Waals surface area contributed by atoms with E-state index in [9.17, 15) is 14.4 Å². The second-order valence-electron chi connectivity index (χ2n) is 14.2. The van der Waals surface area contributed by atoms with Gasteiger partial charge in [0.15, 0.2) is 0 Å². The Morgan fingerprint density at radius 3 is 2.34 bits per heavy atom. The molecule has 12 nitrogen and oxygen atoms in total. The van der Waals surface area contributed by atoms with Crippen molar-refractivity contribution in [2.75, 3.05) is 13.7 Å². The molecule has 0 fully saturated rings. The predicted molar refractivity (Wildman–Crippen MR) is 206 cm³/mol. The molecule has 0 saturated carbocycles. The molecule has 3 N–H and O–H groups in total. The highest BCUT2D eigenvalue weighted by Crippen LogP contribution is 2.42. The van der Waals surface area contributed by atoms with Crippen LogP contribution in [0.25, 0.3) is 44.2 Å². The van der Waals surface area contributed by atoms with Crippen LogP contribution in [0.4, 0.5) is 4.79 Å². The Bertz CT molecular complexity index is 2120. The summed E-state index contributed by atoms with van der Waals surface area (Å²) in [5.74, 6) is 2.51. The van der Waals surface area contributed by atoms with Gasteiger partial charge in [0.25, 0.3) is 0 Å². The number of alkyl carbamates (subject to hydrolysis) is 1.